The maximum atomic E-state index is 10.9. The molecule has 1 atom stereocenters. The monoisotopic (exact) mass is 204 g/mol. The van der Waals surface area contributed by atoms with Crippen LogP contribution in [0.4, 0.5) is 5.69 Å². The summed E-state index contributed by atoms with van der Waals surface area (Å²) in [4.78, 5) is 13.0. The Kier molecular flexibility index (Phi) is 2.90. The van der Waals surface area contributed by atoms with E-state index in [1.807, 2.05) is 24.3 Å². The van der Waals surface area contributed by atoms with Gasteiger partial charge in [0.25, 0.3) is 0 Å². The molecule has 1 aliphatic heterocycles. The van der Waals surface area contributed by atoms with Gasteiger partial charge in [0.05, 0.1) is 5.92 Å². The van der Waals surface area contributed by atoms with E-state index in [0.29, 0.717) is 6.54 Å². The van der Waals surface area contributed by atoms with Crippen molar-refractivity contribution in [1.29, 1.82) is 0 Å². The van der Waals surface area contributed by atoms with Crippen LogP contribution in [0.1, 0.15) is 12.8 Å². The van der Waals surface area contributed by atoms with Crippen molar-refractivity contribution in [3.8, 4) is 0 Å². The first-order chi connectivity index (χ1) is 7.27. The zero-order valence-electron chi connectivity index (χ0n) is 8.52. The number of benzene rings is 1. The van der Waals surface area contributed by atoms with E-state index in [9.17, 15) is 4.79 Å². The van der Waals surface area contributed by atoms with Gasteiger partial charge in [0, 0.05) is 24.8 Å². The highest BCUT2D eigenvalue weighted by Gasteiger charge is 2.25. The van der Waals surface area contributed by atoms with Crippen LogP contribution in [0, 0.1) is 12.0 Å². The second kappa shape index (κ2) is 4.34. The number of hydrogen-bond acceptors (Lipinski definition) is 2. The lowest BCUT2D eigenvalue weighted by molar-refractivity contribution is -0.141. The number of carbonyl (C=O) groups is 1. The molecule has 2 rings (SSSR count). The summed E-state index contributed by atoms with van der Waals surface area (Å²) in [6.45, 7) is 1.54. The van der Waals surface area contributed by atoms with Gasteiger partial charge in [-0.1, -0.05) is 18.2 Å². The number of aliphatic carboxylic acids is 1. The van der Waals surface area contributed by atoms with Crippen molar-refractivity contribution in [3.05, 3.63) is 30.3 Å². The number of nitrogens with zero attached hydrogens (tertiary/aromatic N) is 1. The van der Waals surface area contributed by atoms with Gasteiger partial charge in [-0.05, 0) is 18.9 Å². The van der Waals surface area contributed by atoms with Gasteiger partial charge in [-0.25, -0.2) is 0 Å². The zero-order valence-corrected chi connectivity index (χ0v) is 8.52. The lowest BCUT2D eigenvalue weighted by atomic mass is 9.98. The fourth-order valence-electron chi connectivity index (χ4n) is 1.98. The maximum Gasteiger partial charge on any atom is 0.308 e. The molecule has 0 bridgehead atoms. The molecule has 1 radical (unpaired) electrons. The molecule has 3 nitrogen and oxygen atoms in total. The molecule has 1 fully saturated rings. The molecular formula is C12H14NO2. The third kappa shape index (κ3) is 2.29. The van der Waals surface area contributed by atoms with Gasteiger partial charge in [0.1, 0.15) is 0 Å². The Morgan fingerprint density at radius 1 is 1.53 bits per heavy atom. The molecule has 0 saturated carbocycles. The van der Waals surface area contributed by atoms with Crippen LogP contribution < -0.4 is 4.90 Å². The maximum absolute atomic E-state index is 10.9. The average molecular weight is 204 g/mol. The first-order valence-corrected chi connectivity index (χ1v) is 5.22. The molecule has 1 aromatic rings. The summed E-state index contributed by atoms with van der Waals surface area (Å²) in [5.41, 5.74) is 1.00. The van der Waals surface area contributed by atoms with E-state index < -0.39 is 5.97 Å². The van der Waals surface area contributed by atoms with Crippen molar-refractivity contribution in [2.75, 3.05) is 18.0 Å². The van der Waals surface area contributed by atoms with Gasteiger partial charge in [-0.3, -0.25) is 4.79 Å². The largest absolute Gasteiger partial charge is 0.481 e. The SMILES string of the molecule is O=C(O)C1CCCN(c2[c]cccc2)C1. The minimum absolute atomic E-state index is 0.229. The van der Waals surface area contributed by atoms with E-state index in [0.717, 1.165) is 25.1 Å². The van der Waals surface area contributed by atoms with Crippen molar-refractivity contribution < 1.29 is 9.90 Å². The average Bonchev–Trinajstić information content (AvgIpc) is 2.30. The molecule has 0 aliphatic carbocycles. The summed E-state index contributed by atoms with van der Waals surface area (Å²) in [5, 5.41) is 8.97. The number of carboxylic acids is 1. The van der Waals surface area contributed by atoms with E-state index >= 15 is 0 Å². The molecule has 1 unspecified atom stereocenters. The normalized spacial score (nSPS) is 21.3. The number of anilines is 1. The minimum Gasteiger partial charge on any atom is -0.481 e. The molecule has 1 aromatic carbocycles. The molecule has 1 aliphatic rings. The van der Waals surface area contributed by atoms with Gasteiger partial charge >= 0.3 is 5.97 Å². The number of para-hydroxylation sites is 1. The smallest absolute Gasteiger partial charge is 0.308 e. The van der Waals surface area contributed by atoms with Crippen LogP contribution in [-0.4, -0.2) is 24.2 Å². The van der Waals surface area contributed by atoms with E-state index in [2.05, 4.69) is 11.0 Å². The van der Waals surface area contributed by atoms with Gasteiger partial charge in [-0.15, -0.1) is 0 Å². The Balaban J connectivity index is 2.08. The molecule has 79 valence electrons. The predicted molar refractivity (Wildman–Crippen MR) is 57.9 cm³/mol. The molecule has 1 N–H and O–H groups in total. The number of carboxylic acid groups (broad SMARTS) is 1. The first kappa shape index (κ1) is 10.0. The van der Waals surface area contributed by atoms with Gasteiger partial charge in [-0.2, -0.15) is 0 Å². The quantitative estimate of drug-likeness (QED) is 0.798. The van der Waals surface area contributed by atoms with Gasteiger partial charge < -0.3 is 10.0 Å². The highest BCUT2D eigenvalue weighted by molar-refractivity contribution is 5.71. The summed E-state index contributed by atoms with van der Waals surface area (Å²) in [7, 11) is 0. The van der Waals surface area contributed by atoms with Gasteiger partial charge in [0.15, 0.2) is 0 Å². The molecular weight excluding hydrogens is 190 g/mol. The zero-order chi connectivity index (χ0) is 10.7. The predicted octanol–water partition coefficient (Wildman–Crippen LogP) is 1.79. The Labute approximate surface area is 89.3 Å². The van der Waals surface area contributed by atoms with Gasteiger partial charge in [0.2, 0.25) is 0 Å². The Hall–Kier alpha value is -1.51. The molecule has 1 saturated heterocycles. The summed E-state index contributed by atoms with van der Waals surface area (Å²) in [5.74, 6) is -0.914. The lowest BCUT2D eigenvalue weighted by Gasteiger charge is -2.32. The van der Waals surface area contributed by atoms with Crippen LogP contribution >= 0.6 is 0 Å². The van der Waals surface area contributed by atoms with E-state index in [-0.39, 0.29) is 5.92 Å². The molecule has 3 heteroatoms. The second-order valence-electron chi connectivity index (χ2n) is 3.87. The Bertz CT molecular complexity index is 337. The van der Waals surface area contributed by atoms with Crippen molar-refractivity contribution in [1.82, 2.24) is 0 Å². The van der Waals surface area contributed by atoms with E-state index in [1.165, 1.54) is 0 Å². The number of hydrogen-bond donors (Lipinski definition) is 1. The summed E-state index contributed by atoms with van der Waals surface area (Å²) in [6, 6.07) is 10.8. The Morgan fingerprint density at radius 3 is 3.07 bits per heavy atom. The van der Waals surface area contributed by atoms with Crippen LogP contribution in [0.2, 0.25) is 0 Å². The van der Waals surface area contributed by atoms with Crippen LogP contribution in [0.25, 0.3) is 0 Å². The van der Waals surface area contributed by atoms with Crippen LogP contribution in [-0.2, 0) is 4.79 Å². The highest BCUT2D eigenvalue weighted by Crippen LogP contribution is 2.22. The second-order valence-corrected chi connectivity index (χ2v) is 3.87. The fourth-order valence-corrected chi connectivity index (χ4v) is 1.98. The summed E-state index contributed by atoms with van der Waals surface area (Å²) in [6.07, 6.45) is 1.73. The third-order valence-electron chi connectivity index (χ3n) is 2.80. The molecule has 15 heavy (non-hydrogen) atoms. The van der Waals surface area contributed by atoms with Crippen molar-refractivity contribution in [2.24, 2.45) is 5.92 Å². The fraction of sp³-hybridized carbons (Fsp3) is 0.417. The molecule has 0 amide bonds. The van der Waals surface area contributed by atoms with Crippen molar-refractivity contribution >= 4 is 11.7 Å². The molecule has 1 heterocycles. The van der Waals surface area contributed by atoms with Crippen molar-refractivity contribution in [2.45, 2.75) is 12.8 Å². The summed E-state index contributed by atoms with van der Waals surface area (Å²) < 4.78 is 0. The summed E-state index contributed by atoms with van der Waals surface area (Å²) >= 11 is 0. The van der Waals surface area contributed by atoms with Crippen LogP contribution in [0.3, 0.4) is 0 Å². The Morgan fingerprint density at radius 2 is 2.40 bits per heavy atom. The van der Waals surface area contributed by atoms with Crippen LogP contribution in [0.15, 0.2) is 24.3 Å². The van der Waals surface area contributed by atoms with E-state index in [4.69, 9.17) is 5.11 Å². The minimum atomic E-state index is -0.685. The number of piperidine rings is 1. The van der Waals surface area contributed by atoms with E-state index in [1.54, 1.807) is 0 Å². The standard InChI is InChI=1S/C12H14NO2/c14-12(15)10-5-4-8-13(9-10)11-6-2-1-3-7-11/h1-3,6,10H,4-5,8-9H2,(H,14,15). The van der Waals surface area contributed by atoms with Crippen LogP contribution in [0.5, 0.6) is 0 Å². The third-order valence-corrected chi connectivity index (χ3v) is 2.80. The lowest BCUT2D eigenvalue weighted by Crippen LogP contribution is -2.38. The molecule has 0 spiro atoms. The van der Waals surface area contributed by atoms with Crippen molar-refractivity contribution in [3.63, 3.8) is 0 Å². The number of rotatable bonds is 2. The molecule has 0 aromatic heterocycles. The highest BCUT2D eigenvalue weighted by atomic mass is 16.4. The first-order valence-electron chi connectivity index (χ1n) is 5.22. The topological polar surface area (TPSA) is 40.5 Å².